The minimum atomic E-state index is -0.0335. The Balaban J connectivity index is 3.38. The number of ether oxygens (including phenoxy) is 1. The average molecular weight is 216 g/mol. The fraction of sp³-hybridized carbons (Fsp3) is 0.700. The highest BCUT2D eigenvalue weighted by molar-refractivity contribution is 5.76. The zero-order valence-electron chi connectivity index (χ0n) is 9.63. The Morgan fingerprint density at radius 3 is 2.67 bits per heavy atom. The van der Waals surface area contributed by atoms with Gasteiger partial charge in [0.25, 0.3) is 0 Å². The van der Waals surface area contributed by atoms with Crippen LogP contribution in [0, 0.1) is 0 Å². The Morgan fingerprint density at radius 2 is 2.13 bits per heavy atom. The number of rotatable bonds is 8. The Labute approximate surface area is 90.8 Å². The van der Waals surface area contributed by atoms with E-state index >= 15 is 0 Å². The van der Waals surface area contributed by atoms with Crippen molar-refractivity contribution in [1.82, 2.24) is 10.8 Å². The summed E-state index contributed by atoms with van der Waals surface area (Å²) < 4.78 is 4.98. The molecule has 0 fully saturated rings. The topological polar surface area (TPSA) is 59.6 Å². The lowest BCUT2D eigenvalue weighted by atomic mass is 10.3. The highest BCUT2D eigenvalue weighted by atomic mass is 16.7. The zero-order valence-corrected chi connectivity index (χ0v) is 9.63. The van der Waals surface area contributed by atoms with Gasteiger partial charge in [-0.25, -0.2) is 5.48 Å². The van der Waals surface area contributed by atoms with Gasteiger partial charge in [0.15, 0.2) is 0 Å². The molecule has 0 aliphatic carbocycles. The molecule has 0 aromatic heterocycles. The summed E-state index contributed by atoms with van der Waals surface area (Å²) in [6.45, 7) is 10.0. The maximum absolute atomic E-state index is 11.2. The van der Waals surface area contributed by atoms with Crippen molar-refractivity contribution in [2.75, 3.05) is 13.2 Å². The number of carbonyl (C=O) groups excluding carboxylic acids is 1. The summed E-state index contributed by atoms with van der Waals surface area (Å²) in [6, 6.07) is 0.156. The number of hydrogen-bond acceptors (Lipinski definition) is 4. The van der Waals surface area contributed by atoms with Gasteiger partial charge in [-0.2, -0.15) is 0 Å². The molecule has 5 heteroatoms. The first-order valence-electron chi connectivity index (χ1n) is 5.05. The van der Waals surface area contributed by atoms with Gasteiger partial charge in [0.05, 0.1) is 19.6 Å². The summed E-state index contributed by atoms with van der Waals surface area (Å²) in [6.07, 6.45) is 0.310. The van der Waals surface area contributed by atoms with E-state index in [2.05, 4.69) is 17.4 Å². The smallest absolute Gasteiger partial charge is 0.222 e. The van der Waals surface area contributed by atoms with Gasteiger partial charge in [-0.05, 0) is 27.4 Å². The highest BCUT2D eigenvalue weighted by Crippen LogP contribution is 1.89. The van der Waals surface area contributed by atoms with E-state index in [4.69, 9.17) is 9.57 Å². The molecule has 88 valence electrons. The van der Waals surface area contributed by atoms with Crippen molar-refractivity contribution < 1.29 is 14.4 Å². The molecule has 0 aliphatic rings. The first-order chi connectivity index (χ1) is 7.06. The molecule has 1 amide bonds. The second kappa shape index (κ2) is 8.11. The highest BCUT2D eigenvalue weighted by Gasteiger charge is 2.02. The van der Waals surface area contributed by atoms with E-state index in [0.29, 0.717) is 18.9 Å². The van der Waals surface area contributed by atoms with Gasteiger partial charge in [-0.3, -0.25) is 9.63 Å². The lowest BCUT2D eigenvalue weighted by molar-refractivity contribution is -0.123. The predicted octanol–water partition coefficient (Wildman–Crippen LogP) is 0.930. The molecule has 0 saturated heterocycles. The van der Waals surface area contributed by atoms with Crippen molar-refractivity contribution >= 4 is 5.91 Å². The Morgan fingerprint density at radius 1 is 1.47 bits per heavy atom. The fourth-order valence-corrected chi connectivity index (χ4v) is 0.873. The van der Waals surface area contributed by atoms with Crippen molar-refractivity contribution in [3.05, 3.63) is 12.5 Å². The third-order valence-corrected chi connectivity index (χ3v) is 1.39. The summed E-state index contributed by atoms with van der Waals surface area (Å²) in [4.78, 5) is 16.1. The van der Waals surface area contributed by atoms with E-state index in [-0.39, 0.29) is 18.6 Å². The SMILES string of the molecule is C=C(NOCCC(=O)NC(C)C)OCC. The second-order valence-corrected chi connectivity index (χ2v) is 3.28. The van der Waals surface area contributed by atoms with Gasteiger partial charge in [0, 0.05) is 6.04 Å². The van der Waals surface area contributed by atoms with Crippen LogP contribution < -0.4 is 10.8 Å². The van der Waals surface area contributed by atoms with Crippen molar-refractivity contribution in [2.24, 2.45) is 0 Å². The Hall–Kier alpha value is -1.23. The molecule has 0 spiro atoms. The van der Waals surface area contributed by atoms with Crippen molar-refractivity contribution in [3.63, 3.8) is 0 Å². The summed E-state index contributed by atoms with van der Waals surface area (Å²) in [5.74, 6) is 0.315. The number of carbonyl (C=O) groups is 1. The molecule has 5 nitrogen and oxygen atoms in total. The number of hydrogen-bond donors (Lipinski definition) is 2. The Bertz CT molecular complexity index is 205. The van der Waals surface area contributed by atoms with Gasteiger partial charge in [-0.15, -0.1) is 0 Å². The van der Waals surface area contributed by atoms with Crippen LogP contribution in [0.3, 0.4) is 0 Å². The lowest BCUT2D eigenvalue weighted by Gasteiger charge is -2.10. The molecule has 0 bridgehead atoms. The van der Waals surface area contributed by atoms with Crippen molar-refractivity contribution in [1.29, 1.82) is 0 Å². The molecule has 0 unspecified atom stereocenters. The molecular weight excluding hydrogens is 196 g/mol. The average Bonchev–Trinajstić information content (AvgIpc) is 2.12. The van der Waals surface area contributed by atoms with Gasteiger partial charge >= 0.3 is 0 Å². The molecule has 15 heavy (non-hydrogen) atoms. The number of amides is 1. The van der Waals surface area contributed by atoms with Crippen molar-refractivity contribution in [3.8, 4) is 0 Å². The monoisotopic (exact) mass is 216 g/mol. The lowest BCUT2D eigenvalue weighted by Crippen LogP contribution is -2.31. The number of hydroxylamine groups is 1. The summed E-state index contributed by atoms with van der Waals surface area (Å²) >= 11 is 0. The molecular formula is C10H20N2O3. The van der Waals surface area contributed by atoms with Crippen LogP contribution in [0.2, 0.25) is 0 Å². The third-order valence-electron chi connectivity index (χ3n) is 1.39. The molecule has 0 heterocycles. The first-order valence-corrected chi connectivity index (χ1v) is 5.05. The van der Waals surface area contributed by atoms with E-state index < -0.39 is 0 Å². The first kappa shape index (κ1) is 13.8. The van der Waals surface area contributed by atoms with Crippen LogP contribution in [0.25, 0.3) is 0 Å². The minimum absolute atomic E-state index is 0.0335. The summed E-state index contributed by atoms with van der Waals surface area (Å²) in [5.41, 5.74) is 2.50. The zero-order chi connectivity index (χ0) is 11.7. The van der Waals surface area contributed by atoms with E-state index in [1.807, 2.05) is 20.8 Å². The molecule has 0 aromatic rings. The molecule has 0 saturated carbocycles. The fourth-order valence-electron chi connectivity index (χ4n) is 0.873. The van der Waals surface area contributed by atoms with E-state index in [9.17, 15) is 4.79 Å². The van der Waals surface area contributed by atoms with Gasteiger partial charge in [0.1, 0.15) is 0 Å². The van der Waals surface area contributed by atoms with Crippen LogP contribution in [-0.4, -0.2) is 25.2 Å². The number of nitrogens with one attached hydrogen (secondary N) is 2. The second-order valence-electron chi connectivity index (χ2n) is 3.28. The third kappa shape index (κ3) is 9.08. The van der Waals surface area contributed by atoms with E-state index in [1.54, 1.807) is 0 Å². The largest absolute Gasteiger partial charge is 0.478 e. The summed E-state index contributed by atoms with van der Waals surface area (Å²) in [7, 11) is 0. The van der Waals surface area contributed by atoms with Crippen LogP contribution >= 0.6 is 0 Å². The van der Waals surface area contributed by atoms with Crippen LogP contribution in [0.15, 0.2) is 12.5 Å². The van der Waals surface area contributed by atoms with Gasteiger partial charge in [-0.1, -0.05) is 0 Å². The van der Waals surface area contributed by atoms with Crippen molar-refractivity contribution in [2.45, 2.75) is 33.2 Å². The van der Waals surface area contributed by atoms with E-state index in [0.717, 1.165) is 0 Å². The molecule has 0 aliphatic heterocycles. The van der Waals surface area contributed by atoms with Gasteiger partial charge < -0.3 is 10.1 Å². The Kier molecular flexibility index (Phi) is 7.44. The standard InChI is InChI=1S/C10H20N2O3/c1-5-14-9(4)12-15-7-6-10(13)11-8(2)3/h8,12H,4-7H2,1-3H3,(H,11,13). The van der Waals surface area contributed by atoms with E-state index in [1.165, 1.54) is 0 Å². The molecule has 0 radical (unpaired) electrons. The summed E-state index contributed by atoms with van der Waals surface area (Å²) in [5, 5.41) is 2.76. The maximum atomic E-state index is 11.2. The van der Waals surface area contributed by atoms with Gasteiger partial charge in [0.2, 0.25) is 11.8 Å². The minimum Gasteiger partial charge on any atom is -0.478 e. The van der Waals surface area contributed by atoms with Crippen LogP contribution in [0.1, 0.15) is 27.2 Å². The predicted molar refractivity (Wildman–Crippen MR) is 57.7 cm³/mol. The molecule has 0 rings (SSSR count). The molecule has 0 aromatic carbocycles. The van der Waals surface area contributed by atoms with Crippen LogP contribution in [0.5, 0.6) is 0 Å². The molecule has 0 atom stereocenters. The quantitative estimate of drug-likeness (QED) is 0.360. The van der Waals surface area contributed by atoms with Crippen LogP contribution in [0.4, 0.5) is 0 Å². The normalized spacial score (nSPS) is 9.87. The molecule has 2 N–H and O–H groups in total. The van der Waals surface area contributed by atoms with Crippen LogP contribution in [-0.2, 0) is 14.4 Å². The maximum Gasteiger partial charge on any atom is 0.222 e.